The average Bonchev–Trinajstić information content (AvgIpc) is 2.86. The van der Waals surface area contributed by atoms with Gasteiger partial charge < -0.3 is 4.74 Å². The van der Waals surface area contributed by atoms with Gasteiger partial charge in [-0.25, -0.2) is 13.2 Å². The molecule has 0 aromatic heterocycles. The third-order valence-corrected chi connectivity index (χ3v) is 6.95. The molecule has 0 unspecified atom stereocenters. The number of benzene rings is 3. The summed E-state index contributed by atoms with van der Waals surface area (Å²) >= 11 is 0. The Hall–Kier alpha value is -2.89. The molecule has 0 bridgehead atoms. The van der Waals surface area contributed by atoms with Gasteiger partial charge in [-0.05, 0) is 79.0 Å². The Bertz CT molecular complexity index is 1110. The highest BCUT2D eigenvalue weighted by Crippen LogP contribution is 2.40. The molecule has 3 aromatic carbocycles. The number of para-hydroxylation sites is 1. The van der Waals surface area contributed by atoms with Crippen LogP contribution in [0.25, 0.3) is 11.1 Å². The molecule has 6 heteroatoms. The molecule has 0 aliphatic heterocycles. The smallest absolute Gasteiger partial charge is 0.426 e. The fourth-order valence-corrected chi connectivity index (χ4v) is 4.93. The van der Waals surface area contributed by atoms with E-state index < -0.39 is 23.6 Å². The minimum absolute atomic E-state index is 0.0291. The first-order valence-electron chi connectivity index (χ1n) is 12.2. The number of rotatable bonds is 8. The van der Waals surface area contributed by atoms with Crippen molar-refractivity contribution in [1.29, 1.82) is 0 Å². The molecule has 0 N–H and O–H groups in total. The lowest BCUT2D eigenvalue weighted by Crippen LogP contribution is -2.22. The van der Waals surface area contributed by atoms with Crippen LogP contribution in [0.1, 0.15) is 68.9 Å². The summed E-state index contributed by atoms with van der Waals surface area (Å²) in [6.45, 7) is 2.20. The summed E-state index contributed by atoms with van der Waals surface area (Å²) < 4.78 is 76.0. The maximum absolute atomic E-state index is 15.1. The van der Waals surface area contributed by atoms with Gasteiger partial charge in [0.2, 0.25) is 0 Å². The molecule has 0 heterocycles. The van der Waals surface area contributed by atoms with E-state index in [1.807, 2.05) is 0 Å². The number of unbranched alkanes of at least 4 members (excludes halogenated alkanes) is 1. The summed E-state index contributed by atoms with van der Waals surface area (Å²) in [5.74, 6) is -3.55. The highest BCUT2D eigenvalue weighted by atomic mass is 19.3. The van der Waals surface area contributed by atoms with Crippen LogP contribution < -0.4 is 4.74 Å². The quantitative estimate of drug-likeness (QED) is 0.227. The Morgan fingerprint density at radius 2 is 1.49 bits per heavy atom. The zero-order valence-corrected chi connectivity index (χ0v) is 19.7. The number of hydrogen-bond acceptors (Lipinski definition) is 1. The van der Waals surface area contributed by atoms with Crippen LogP contribution in [0.2, 0.25) is 0 Å². The number of ether oxygens (including phenoxy) is 1. The summed E-state index contributed by atoms with van der Waals surface area (Å²) in [5.41, 5.74) is 0.666. The Morgan fingerprint density at radius 3 is 2.11 bits per heavy atom. The lowest BCUT2D eigenvalue weighted by Gasteiger charge is -2.29. The van der Waals surface area contributed by atoms with E-state index in [0.717, 1.165) is 36.5 Å². The molecule has 35 heavy (non-hydrogen) atoms. The van der Waals surface area contributed by atoms with Gasteiger partial charge in [0, 0.05) is 5.56 Å². The van der Waals surface area contributed by atoms with Crippen LogP contribution >= 0.6 is 0 Å². The molecule has 0 saturated heterocycles. The van der Waals surface area contributed by atoms with E-state index in [-0.39, 0.29) is 22.4 Å². The fourth-order valence-electron chi connectivity index (χ4n) is 4.93. The number of halogens is 5. The van der Waals surface area contributed by atoms with Crippen molar-refractivity contribution in [3.8, 4) is 16.9 Å². The molecule has 1 fully saturated rings. The minimum atomic E-state index is -3.68. The molecule has 3 aromatic rings. The second kappa shape index (κ2) is 10.8. The zero-order valence-electron chi connectivity index (χ0n) is 19.7. The normalized spacial score (nSPS) is 18.5. The molecular weight excluding hydrogens is 459 g/mol. The van der Waals surface area contributed by atoms with E-state index in [2.05, 4.69) is 6.92 Å². The topological polar surface area (TPSA) is 9.23 Å². The maximum atomic E-state index is 15.1. The maximum Gasteiger partial charge on any atom is 0.426 e. The van der Waals surface area contributed by atoms with Crippen molar-refractivity contribution in [3.05, 3.63) is 89.2 Å². The first-order valence-corrected chi connectivity index (χ1v) is 12.2. The van der Waals surface area contributed by atoms with Gasteiger partial charge in [0.1, 0.15) is 5.75 Å². The van der Waals surface area contributed by atoms with Crippen LogP contribution in [0.4, 0.5) is 22.0 Å². The summed E-state index contributed by atoms with van der Waals surface area (Å²) in [5, 5.41) is 0. The Kier molecular flexibility index (Phi) is 7.78. The largest absolute Gasteiger partial charge is 0.428 e. The zero-order chi connectivity index (χ0) is 25.0. The first kappa shape index (κ1) is 25.2. The Labute approximate surface area is 202 Å². The van der Waals surface area contributed by atoms with Crippen molar-refractivity contribution in [2.75, 3.05) is 0 Å². The highest BCUT2D eigenvalue weighted by molar-refractivity contribution is 5.70. The van der Waals surface area contributed by atoms with Crippen LogP contribution in [0.5, 0.6) is 5.75 Å². The van der Waals surface area contributed by atoms with Crippen molar-refractivity contribution >= 4 is 0 Å². The van der Waals surface area contributed by atoms with Crippen molar-refractivity contribution in [1.82, 2.24) is 0 Å². The predicted molar refractivity (Wildman–Crippen MR) is 127 cm³/mol. The van der Waals surface area contributed by atoms with E-state index >= 15 is 8.78 Å². The SMILES string of the molecule is CCCCC1CCC(c2ccc(C(F)(F)Oc3ccccc3-c3cc(F)c(F)c(F)c3)cc2)CC1. The first-order chi connectivity index (χ1) is 16.8. The molecule has 0 radical (unpaired) electrons. The standard InChI is InChI=1S/C29H29F5O/c1-2-3-6-19-9-11-20(12-10-19)21-13-15-23(16-14-21)29(33,34)35-27-8-5-4-7-24(27)22-17-25(30)28(32)26(31)18-22/h4-5,7-8,13-20H,2-3,6,9-12H2,1H3. The lowest BCUT2D eigenvalue weighted by atomic mass is 9.77. The third-order valence-electron chi connectivity index (χ3n) is 6.95. The van der Waals surface area contributed by atoms with Gasteiger partial charge in [0.05, 0.1) is 5.56 Å². The van der Waals surface area contributed by atoms with Crippen LogP contribution in [0, 0.1) is 23.4 Å². The fraction of sp³-hybridized carbons (Fsp3) is 0.379. The molecule has 1 saturated carbocycles. The van der Waals surface area contributed by atoms with Gasteiger partial charge in [-0.3, -0.25) is 0 Å². The predicted octanol–water partition coefficient (Wildman–Crippen LogP) is 9.36. The average molecular weight is 489 g/mol. The summed E-state index contributed by atoms with van der Waals surface area (Å²) in [4.78, 5) is 0. The molecule has 4 rings (SSSR count). The molecule has 0 spiro atoms. The van der Waals surface area contributed by atoms with Gasteiger partial charge in [-0.15, -0.1) is 0 Å². The van der Waals surface area contributed by atoms with E-state index in [0.29, 0.717) is 5.92 Å². The lowest BCUT2D eigenvalue weighted by molar-refractivity contribution is -0.185. The summed E-state index contributed by atoms with van der Waals surface area (Å²) in [7, 11) is 0. The highest BCUT2D eigenvalue weighted by Gasteiger charge is 2.35. The Balaban J connectivity index is 1.49. The number of hydrogen-bond donors (Lipinski definition) is 0. The molecule has 1 aliphatic carbocycles. The van der Waals surface area contributed by atoms with Crippen molar-refractivity contribution in [2.45, 2.75) is 63.9 Å². The second-order valence-electron chi connectivity index (χ2n) is 9.35. The summed E-state index contributed by atoms with van der Waals surface area (Å²) in [6, 6.07) is 13.4. The minimum Gasteiger partial charge on any atom is -0.428 e. The van der Waals surface area contributed by atoms with Gasteiger partial charge >= 0.3 is 6.11 Å². The summed E-state index contributed by atoms with van der Waals surface area (Å²) in [6.07, 6.45) is 4.54. The molecule has 186 valence electrons. The van der Waals surface area contributed by atoms with Crippen LogP contribution in [-0.4, -0.2) is 0 Å². The van der Waals surface area contributed by atoms with Gasteiger partial charge in [0.15, 0.2) is 17.5 Å². The second-order valence-corrected chi connectivity index (χ2v) is 9.35. The van der Waals surface area contributed by atoms with Crippen molar-refractivity contribution < 1.29 is 26.7 Å². The van der Waals surface area contributed by atoms with Crippen LogP contribution in [-0.2, 0) is 6.11 Å². The molecule has 1 nitrogen and oxygen atoms in total. The number of alkyl halides is 2. The molecular formula is C29H29F5O. The van der Waals surface area contributed by atoms with Gasteiger partial charge in [0.25, 0.3) is 0 Å². The van der Waals surface area contributed by atoms with E-state index in [9.17, 15) is 13.2 Å². The van der Waals surface area contributed by atoms with Crippen molar-refractivity contribution in [2.24, 2.45) is 5.92 Å². The van der Waals surface area contributed by atoms with Crippen LogP contribution in [0.15, 0.2) is 60.7 Å². The van der Waals surface area contributed by atoms with E-state index in [1.54, 1.807) is 12.1 Å². The van der Waals surface area contributed by atoms with E-state index in [1.165, 1.54) is 68.5 Å². The van der Waals surface area contributed by atoms with Crippen LogP contribution in [0.3, 0.4) is 0 Å². The third kappa shape index (κ3) is 5.85. The van der Waals surface area contributed by atoms with Crippen molar-refractivity contribution in [3.63, 3.8) is 0 Å². The van der Waals surface area contributed by atoms with Gasteiger partial charge in [-0.2, -0.15) is 8.78 Å². The molecule has 0 amide bonds. The van der Waals surface area contributed by atoms with E-state index in [4.69, 9.17) is 4.74 Å². The Morgan fingerprint density at radius 1 is 0.857 bits per heavy atom. The molecule has 1 aliphatic rings. The van der Waals surface area contributed by atoms with Gasteiger partial charge in [-0.1, -0.05) is 56.5 Å². The monoisotopic (exact) mass is 488 g/mol. The molecule has 0 atom stereocenters.